The number of allylic oxidation sites excluding steroid dienone is 1. The molecule has 4 rings (SSSR count). The minimum atomic E-state index is -0.937. The Kier molecular flexibility index (Phi) is 4.42. The standard InChI is InChI=1S/C24H22FNO2/c1-24(21-11-10-20(28-3)14-22(21)26(2)23(24)27)15-19(25)13-16-8-9-17-6-4-5-7-18(17)12-16/h4-14H,15H2,1-3H3/b19-13-/t24-/m1/s1. The summed E-state index contributed by atoms with van der Waals surface area (Å²) in [5.74, 6) is 0.246. The van der Waals surface area contributed by atoms with Gasteiger partial charge in [0.05, 0.1) is 18.2 Å². The number of carbonyl (C=O) groups is 1. The zero-order valence-electron chi connectivity index (χ0n) is 16.2. The Bertz CT molecular complexity index is 1100. The first-order valence-corrected chi connectivity index (χ1v) is 9.24. The second kappa shape index (κ2) is 6.79. The lowest BCUT2D eigenvalue weighted by atomic mass is 9.80. The number of benzene rings is 3. The van der Waals surface area contributed by atoms with Gasteiger partial charge in [-0.1, -0.05) is 42.5 Å². The zero-order valence-corrected chi connectivity index (χ0v) is 16.2. The Morgan fingerprint density at radius 3 is 2.61 bits per heavy atom. The van der Waals surface area contributed by atoms with Crippen molar-refractivity contribution >= 4 is 28.4 Å². The molecular weight excluding hydrogens is 353 g/mol. The number of likely N-dealkylation sites (N-methyl/N-ethyl adjacent to an activating group) is 1. The summed E-state index contributed by atoms with van der Waals surface area (Å²) in [6.45, 7) is 1.80. The van der Waals surface area contributed by atoms with Gasteiger partial charge in [-0.05, 0) is 47.0 Å². The number of halogens is 1. The van der Waals surface area contributed by atoms with E-state index in [1.54, 1.807) is 26.0 Å². The van der Waals surface area contributed by atoms with Crippen molar-refractivity contribution in [1.29, 1.82) is 0 Å². The average molecular weight is 375 g/mol. The number of fused-ring (bicyclic) bond motifs is 2. The second-order valence-corrected chi connectivity index (χ2v) is 7.45. The van der Waals surface area contributed by atoms with Crippen LogP contribution in [0.2, 0.25) is 0 Å². The number of rotatable bonds is 4. The Hall–Kier alpha value is -3.14. The molecule has 0 unspecified atom stereocenters. The molecule has 1 aliphatic rings. The van der Waals surface area contributed by atoms with Crippen LogP contribution in [0.3, 0.4) is 0 Å². The molecule has 4 heteroatoms. The molecule has 3 aromatic carbocycles. The highest BCUT2D eigenvalue weighted by Gasteiger charge is 2.46. The van der Waals surface area contributed by atoms with Gasteiger partial charge in [-0.2, -0.15) is 0 Å². The molecule has 142 valence electrons. The summed E-state index contributed by atoms with van der Waals surface area (Å²) < 4.78 is 20.3. The number of anilines is 1. The minimum absolute atomic E-state index is 0.0162. The Morgan fingerprint density at radius 2 is 1.86 bits per heavy atom. The third-order valence-corrected chi connectivity index (χ3v) is 5.56. The highest BCUT2D eigenvalue weighted by Crippen LogP contribution is 2.46. The van der Waals surface area contributed by atoms with Crippen LogP contribution in [0, 0.1) is 0 Å². The molecule has 0 radical (unpaired) electrons. The fourth-order valence-electron chi connectivity index (χ4n) is 4.02. The van der Waals surface area contributed by atoms with Gasteiger partial charge < -0.3 is 9.64 Å². The van der Waals surface area contributed by atoms with E-state index in [4.69, 9.17) is 4.74 Å². The highest BCUT2D eigenvalue weighted by molar-refractivity contribution is 6.08. The van der Waals surface area contributed by atoms with Crippen LogP contribution in [-0.2, 0) is 10.2 Å². The van der Waals surface area contributed by atoms with Gasteiger partial charge in [0.1, 0.15) is 11.6 Å². The molecule has 0 aliphatic carbocycles. The quantitative estimate of drug-likeness (QED) is 0.604. The lowest BCUT2D eigenvalue weighted by Gasteiger charge is -2.22. The van der Waals surface area contributed by atoms with Crippen molar-refractivity contribution in [1.82, 2.24) is 0 Å². The SMILES string of the molecule is COc1ccc2c(c1)N(C)C(=O)[C@]2(C)C/C(F)=C/c1ccc2ccccc2c1. The molecule has 0 saturated heterocycles. The maximum Gasteiger partial charge on any atom is 0.237 e. The summed E-state index contributed by atoms with van der Waals surface area (Å²) in [5.41, 5.74) is 1.44. The van der Waals surface area contributed by atoms with E-state index in [9.17, 15) is 9.18 Å². The van der Waals surface area contributed by atoms with Crippen LogP contribution in [0.5, 0.6) is 5.75 Å². The summed E-state index contributed by atoms with van der Waals surface area (Å²) >= 11 is 0. The predicted octanol–water partition coefficient (Wildman–Crippen LogP) is 5.48. The maximum absolute atomic E-state index is 15.0. The minimum Gasteiger partial charge on any atom is -0.497 e. The van der Waals surface area contributed by atoms with E-state index in [0.29, 0.717) is 5.75 Å². The van der Waals surface area contributed by atoms with Crippen molar-refractivity contribution in [2.45, 2.75) is 18.8 Å². The Balaban J connectivity index is 1.67. The Morgan fingerprint density at radius 1 is 1.11 bits per heavy atom. The van der Waals surface area contributed by atoms with Gasteiger partial charge in [0, 0.05) is 19.5 Å². The van der Waals surface area contributed by atoms with Crippen molar-refractivity contribution in [2.24, 2.45) is 0 Å². The summed E-state index contributed by atoms with van der Waals surface area (Å²) in [6, 6.07) is 19.3. The maximum atomic E-state index is 15.0. The molecule has 1 heterocycles. The monoisotopic (exact) mass is 375 g/mol. The van der Waals surface area contributed by atoms with Crippen LogP contribution in [0.1, 0.15) is 24.5 Å². The number of methoxy groups -OCH3 is 1. The molecule has 0 saturated carbocycles. The van der Waals surface area contributed by atoms with Crippen molar-refractivity contribution in [3.8, 4) is 5.75 Å². The fourth-order valence-corrected chi connectivity index (χ4v) is 4.02. The van der Waals surface area contributed by atoms with E-state index in [2.05, 4.69) is 0 Å². The van der Waals surface area contributed by atoms with Crippen molar-refractivity contribution < 1.29 is 13.9 Å². The summed E-state index contributed by atoms with van der Waals surface area (Å²) in [5, 5.41) is 2.17. The second-order valence-electron chi connectivity index (χ2n) is 7.45. The molecule has 0 spiro atoms. The Labute approximate surface area is 164 Å². The summed E-state index contributed by atoms with van der Waals surface area (Å²) in [6.07, 6.45) is 1.54. The molecule has 1 amide bonds. The van der Waals surface area contributed by atoms with Gasteiger partial charge in [0.15, 0.2) is 0 Å². The average Bonchev–Trinajstić information content (AvgIpc) is 2.88. The van der Waals surface area contributed by atoms with Crippen LogP contribution in [0.15, 0.2) is 66.5 Å². The lowest BCUT2D eigenvalue weighted by molar-refractivity contribution is -0.122. The first-order chi connectivity index (χ1) is 13.4. The number of ether oxygens (including phenoxy) is 1. The third kappa shape index (κ3) is 2.95. The van der Waals surface area contributed by atoms with E-state index in [0.717, 1.165) is 27.6 Å². The van der Waals surface area contributed by atoms with E-state index in [-0.39, 0.29) is 18.2 Å². The van der Waals surface area contributed by atoms with E-state index >= 15 is 0 Å². The van der Waals surface area contributed by atoms with Gasteiger partial charge in [-0.3, -0.25) is 4.79 Å². The molecule has 0 bridgehead atoms. The predicted molar refractivity (Wildman–Crippen MR) is 111 cm³/mol. The normalized spacial score (nSPS) is 19.2. The molecule has 0 fully saturated rings. The van der Waals surface area contributed by atoms with E-state index in [1.165, 1.54) is 6.08 Å². The fraction of sp³-hybridized carbons (Fsp3) is 0.208. The zero-order chi connectivity index (χ0) is 19.9. The molecule has 1 atom stereocenters. The van der Waals surface area contributed by atoms with Gasteiger partial charge >= 0.3 is 0 Å². The molecule has 28 heavy (non-hydrogen) atoms. The highest BCUT2D eigenvalue weighted by atomic mass is 19.1. The van der Waals surface area contributed by atoms with Crippen LogP contribution < -0.4 is 9.64 Å². The van der Waals surface area contributed by atoms with Crippen LogP contribution in [0.25, 0.3) is 16.8 Å². The van der Waals surface area contributed by atoms with Gasteiger partial charge in [0.2, 0.25) is 5.91 Å². The number of hydrogen-bond acceptors (Lipinski definition) is 2. The number of nitrogens with zero attached hydrogens (tertiary/aromatic N) is 1. The molecule has 0 N–H and O–H groups in total. The molecule has 1 aliphatic heterocycles. The smallest absolute Gasteiger partial charge is 0.237 e. The van der Waals surface area contributed by atoms with Gasteiger partial charge in [-0.15, -0.1) is 0 Å². The van der Waals surface area contributed by atoms with Crippen molar-refractivity contribution in [3.05, 3.63) is 77.6 Å². The van der Waals surface area contributed by atoms with Gasteiger partial charge in [-0.25, -0.2) is 4.39 Å². The first kappa shape index (κ1) is 18.2. The molecular formula is C24H22FNO2. The summed E-state index contributed by atoms with van der Waals surface area (Å²) in [7, 11) is 3.31. The lowest BCUT2D eigenvalue weighted by Crippen LogP contribution is -2.36. The summed E-state index contributed by atoms with van der Waals surface area (Å²) in [4.78, 5) is 14.5. The third-order valence-electron chi connectivity index (χ3n) is 5.56. The topological polar surface area (TPSA) is 29.5 Å². The van der Waals surface area contributed by atoms with Crippen molar-refractivity contribution in [3.63, 3.8) is 0 Å². The van der Waals surface area contributed by atoms with Crippen molar-refractivity contribution in [2.75, 3.05) is 19.1 Å². The van der Waals surface area contributed by atoms with Gasteiger partial charge in [0.25, 0.3) is 0 Å². The van der Waals surface area contributed by atoms with Crippen LogP contribution >= 0.6 is 0 Å². The largest absolute Gasteiger partial charge is 0.497 e. The number of hydrogen-bond donors (Lipinski definition) is 0. The van der Waals surface area contributed by atoms with Crippen LogP contribution in [-0.4, -0.2) is 20.1 Å². The molecule has 3 aromatic rings. The molecule has 3 nitrogen and oxygen atoms in total. The number of carbonyl (C=O) groups excluding carboxylic acids is 1. The van der Waals surface area contributed by atoms with E-state index < -0.39 is 5.41 Å². The first-order valence-electron chi connectivity index (χ1n) is 9.24. The number of amides is 1. The van der Waals surface area contributed by atoms with Crippen LogP contribution in [0.4, 0.5) is 10.1 Å². The van der Waals surface area contributed by atoms with E-state index in [1.807, 2.05) is 60.7 Å². The molecule has 0 aromatic heterocycles.